The molecular formula is C18H13FO2. The Balaban J connectivity index is 2.21. The van der Waals surface area contributed by atoms with Gasteiger partial charge in [-0.2, -0.15) is 0 Å². The Morgan fingerprint density at radius 2 is 1.57 bits per heavy atom. The normalized spacial score (nSPS) is 10.7. The van der Waals surface area contributed by atoms with Crippen molar-refractivity contribution < 1.29 is 14.3 Å². The maximum Gasteiger partial charge on any atom is 0.307 e. The number of aliphatic carboxylic acids is 1. The van der Waals surface area contributed by atoms with E-state index in [0.717, 1.165) is 27.5 Å². The van der Waals surface area contributed by atoms with Crippen LogP contribution in [0.25, 0.3) is 21.9 Å². The molecule has 3 aromatic carbocycles. The van der Waals surface area contributed by atoms with Gasteiger partial charge < -0.3 is 5.11 Å². The molecule has 104 valence electrons. The van der Waals surface area contributed by atoms with Gasteiger partial charge in [0.05, 0.1) is 6.42 Å². The number of rotatable bonds is 3. The summed E-state index contributed by atoms with van der Waals surface area (Å²) in [5.41, 5.74) is 2.66. The summed E-state index contributed by atoms with van der Waals surface area (Å²) < 4.78 is 13.1. The lowest BCUT2D eigenvalue weighted by atomic mass is 9.94. The lowest BCUT2D eigenvalue weighted by Crippen LogP contribution is -2.01. The number of carboxylic acid groups (broad SMARTS) is 1. The van der Waals surface area contributed by atoms with Crippen LogP contribution in [-0.2, 0) is 11.2 Å². The molecule has 0 unspecified atom stereocenters. The zero-order chi connectivity index (χ0) is 14.8. The summed E-state index contributed by atoms with van der Waals surface area (Å²) in [4.78, 5) is 11.0. The summed E-state index contributed by atoms with van der Waals surface area (Å²) in [5.74, 6) is -1.12. The van der Waals surface area contributed by atoms with E-state index in [-0.39, 0.29) is 12.2 Å². The van der Waals surface area contributed by atoms with Crippen molar-refractivity contribution in [3.05, 3.63) is 72.0 Å². The number of carboxylic acids is 1. The Bertz CT molecular complexity index is 807. The van der Waals surface area contributed by atoms with Crippen LogP contribution >= 0.6 is 0 Å². The fourth-order valence-corrected chi connectivity index (χ4v) is 2.56. The van der Waals surface area contributed by atoms with Gasteiger partial charge in [0.15, 0.2) is 0 Å². The first-order valence-corrected chi connectivity index (χ1v) is 6.63. The van der Waals surface area contributed by atoms with Crippen molar-refractivity contribution in [3.8, 4) is 11.1 Å². The molecule has 21 heavy (non-hydrogen) atoms. The van der Waals surface area contributed by atoms with Crippen LogP contribution in [0.1, 0.15) is 5.56 Å². The van der Waals surface area contributed by atoms with Crippen molar-refractivity contribution >= 4 is 16.7 Å². The summed E-state index contributed by atoms with van der Waals surface area (Å²) in [6.45, 7) is 0. The molecule has 0 radical (unpaired) electrons. The Morgan fingerprint density at radius 1 is 0.905 bits per heavy atom. The molecule has 0 amide bonds. The van der Waals surface area contributed by atoms with Crippen LogP contribution in [0.15, 0.2) is 60.7 Å². The Kier molecular flexibility index (Phi) is 3.40. The van der Waals surface area contributed by atoms with Gasteiger partial charge in [-0.25, -0.2) is 4.39 Å². The predicted octanol–water partition coefficient (Wildman–Crippen LogP) is 4.27. The molecule has 0 bridgehead atoms. The van der Waals surface area contributed by atoms with E-state index in [9.17, 15) is 9.18 Å². The van der Waals surface area contributed by atoms with E-state index in [1.807, 2.05) is 36.4 Å². The fourth-order valence-electron chi connectivity index (χ4n) is 2.56. The van der Waals surface area contributed by atoms with E-state index < -0.39 is 5.97 Å². The molecule has 0 atom stereocenters. The molecule has 0 aliphatic heterocycles. The number of benzene rings is 3. The van der Waals surface area contributed by atoms with Crippen molar-refractivity contribution in [3.63, 3.8) is 0 Å². The van der Waals surface area contributed by atoms with Crippen LogP contribution < -0.4 is 0 Å². The molecule has 3 rings (SSSR count). The van der Waals surface area contributed by atoms with Gasteiger partial charge in [-0.1, -0.05) is 48.5 Å². The number of hydrogen-bond donors (Lipinski definition) is 1. The fraction of sp³-hybridized carbons (Fsp3) is 0.0556. The molecule has 0 aromatic heterocycles. The van der Waals surface area contributed by atoms with E-state index in [2.05, 4.69) is 0 Å². The third kappa shape index (κ3) is 2.63. The first kappa shape index (κ1) is 13.3. The van der Waals surface area contributed by atoms with E-state index in [1.54, 1.807) is 12.1 Å². The number of hydrogen-bond acceptors (Lipinski definition) is 1. The summed E-state index contributed by atoms with van der Waals surface area (Å²) in [7, 11) is 0. The van der Waals surface area contributed by atoms with E-state index in [4.69, 9.17) is 5.11 Å². The second-order valence-corrected chi connectivity index (χ2v) is 4.90. The molecule has 0 saturated heterocycles. The van der Waals surface area contributed by atoms with Gasteiger partial charge in [-0.15, -0.1) is 0 Å². The lowest BCUT2D eigenvalue weighted by molar-refractivity contribution is -0.136. The quantitative estimate of drug-likeness (QED) is 0.777. The minimum Gasteiger partial charge on any atom is -0.481 e. The van der Waals surface area contributed by atoms with Gasteiger partial charge in [0.25, 0.3) is 0 Å². The highest BCUT2D eigenvalue weighted by atomic mass is 19.1. The van der Waals surface area contributed by atoms with Crippen LogP contribution in [0.4, 0.5) is 4.39 Å². The molecule has 0 saturated carbocycles. The van der Waals surface area contributed by atoms with Crippen molar-refractivity contribution in [1.82, 2.24) is 0 Å². The number of halogens is 1. The van der Waals surface area contributed by atoms with Crippen LogP contribution in [0, 0.1) is 5.82 Å². The second kappa shape index (κ2) is 5.37. The third-order valence-electron chi connectivity index (χ3n) is 3.51. The molecule has 0 fully saturated rings. The van der Waals surface area contributed by atoms with Gasteiger partial charge in [-0.3, -0.25) is 4.79 Å². The summed E-state index contributed by atoms with van der Waals surface area (Å²) in [5, 5.41) is 10.9. The van der Waals surface area contributed by atoms with E-state index >= 15 is 0 Å². The smallest absolute Gasteiger partial charge is 0.307 e. The maximum absolute atomic E-state index is 13.1. The molecule has 0 spiro atoms. The number of fused-ring (bicyclic) bond motifs is 1. The Morgan fingerprint density at radius 3 is 2.24 bits per heavy atom. The first-order valence-electron chi connectivity index (χ1n) is 6.63. The van der Waals surface area contributed by atoms with Gasteiger partial charge in [0.1, 0.15) is 5.82 Å². The molecule has 3 aromatic rings. The van der Waals surface area contributed by atoms with Crippen molar-refractivity contribution in [1.29, 1.82) is 0 Å². The van der Waals surface area contributed by atoms with Gasteiger partial charge >= 0.3 is 5.97 Å². The van der Waals surface area contributed by atoms with E-state index in [1.165, 1.54) is 12.1 Å². The molecule has 1 N–H and O–H groups in total. The van der Waals surface area contributed by atoms with Crippen LogP contribution in [0.5, 0.6) is 0 Å². The van der Waals surface area contributed by atoms with Crippen LogP contribution in [0.3, 0.4) is 0 Å². The molecule has 0 aliphatic rings. The SMILES string of the molecule is O=C(O)Cc1ccc(-c2ccc(F)cc2)c2ccccc12. The molecule has 2 nitrogen and oxygen atoms in total. The zero-order valence-electron chi connectivity index (χ0n) is 11.2. The minimum atomic E-state index is -0.852. The van der Waals surface area contributed by atoms with Crippen molar-refractivity contribution in [2.24, 2.45) is 0 Å². The van der Waals surface area contributed by atoms with Crippen molar-refractivity contribution in [2.75, 3.05) is 0 Å². The maximum atomic E-state index is 13.1. The molecule has 3 heteroatoms. The Hall–Kier alpha value is -2.68. The summed E-state index contributed by atoms with van der Waals surface area (Å²) in [6.07, 6.45) is -0.00971. The first-order chi connectivity index (χ1) is 10.1. The second-order valence-electron chi connectivity index (χ2n) is 4.90. The average molecular weight is 280 g/mol. The lowest BCUT2D eigenvalue weighted by Gasteiger charge is -2.10. The summed E-state index contributed by atoms with van der Waals surface area (Å²) >= 11 is 0. The van der Waals surface area contributed by atoms with Crippen LogP contribution in [0.2, 0.25) is 0 Å². The molecule has 0 aliphatic carbocycles. The zero-order valence-corrected chi connectivity index (χ0v) is 11.2. The predicted molar refractivity (Wildman–Crippen MR) is 80.7 cm³/mol. The van der Waals surface area contributed by atoms with Gasteiger partial charge in [-0.05, 0) is 39.6 Å². The van der Waals surface area contributed by atoms with Gasteiger partial charge in [0.2, 0.25) is 0 Å². The average Bonchev–Trinajstić information content (AvgIpc) is 2.48. The van der Waals surface area contributed by atoms with Gasteiger partial charge in [0, 0.05) is 0 Å². The highest BCUT2D eigenvalue weighted by Crippen LogP contribution is 2.31. The minimum absolute atomic E-state index is 0.00971. The Labute approximate surface area is 121 Å². The topological polar surface area (TPSA) is 37.3 Å². The van der Waals surface area contributed by atoms with Crippen molar-refractivity contribution in [2.45, 2.75) is 6.42 Å². The van der Waals surface area contributed by atoms with E-state index in [0.29, 0.717) is 0 Å². The highest BCUT2D eigenvalue weighted by molar-refractivity contribution is 5.99. The standard InChI is InChI=1S/C18H13FO2/c19-14-8-5-12(6-9-14)16-10-7-13(11-18(20)21)15-3-1-2-4-17(15)16/h1-10H,11H2,(H,20,21). The van der Waals surface area contributed by atoms with Crippen LogP contribution in [-0.4, -0.2) is 11.1 Å². The third-order valence-corrected chi connectivity index (χ3v) is 3.51. The highest BCUT2D eigenvalue weighted by Gasteiger charge is 2.09. The molecular weight excluding hydrogens is 267 g/mol. The molecule has 0 heterocycles. The number of carbonyl (C=O) groups is 1. The monoisotopic (exact) mass is 280 g/mol. The summed E-state index contributed by atoms with van der Waals surface area (Å²) in [6, 6.07) is 17.7. The largest absolute Gasteiger partial charge is 0.481 e.